The predicted molar refractivity (Wildman–Crippen MR) is 143 cm³/mol. The van der Waals surface area contributed by atoms with Gasteiger partial charge in [-0.2, -0.15) is 0 Å². The number of aliphatic hydroxyl groups is 6. The van der Waals surface area contributed by atoms with Crippen LogP contribution in [0.1, 0.15) is 13.3 Å². The van der Waals surface area contributed by atoms with E-state index in [9.17, 15) is 55.9 Å². The monoisotopic (exact) mass is 608 g/mol. The topological polar surface area (TPSA) is 260 Å². The second-order valence-electron chi connectivity index (χ2n) is 10.8. The highest BCUT2D eigenvalue weighted by Crippen LogP contribution is 2.40. The Bertz CT molecular complexity index is 1540. The van der Waals surface area contributed by atoms with Gasteiger partial charge in [0, 0.05) is 23.6 Å². The Morgan fingerprint density at radius 3 is 2.21 bits per heavy atom. The molecule has 2 heterocycles. The van der Waals surface area contributed by atoms with Crippen LogP contribution < -0.4 is 10.2 Å². The predicted octanol–water partition coefficient (Wildman–Crippen LogP) is -1.02. The minimum atomic E-state index is -1.80. The van der Waals surface area contributed by atoms with Crippen molar-refractivity contribution in [3.05, 3.63) is 40.6 Å². The van der Waals surface area contributed by atoms with Crippen molar-refractivity contribution < 1.29 is 69.7 Å². The van der Waals surface area contributed by atoms with Crippen LogP contribution in [0.3, 0.4) is 0 Å². The molecule has 10 atom stereocenters. The molecule has 5 rings (SSSR count). The first-order valence-corrected chi connectivity index (χ1v) is 13.4. The number of ether oxygens (including phenoxy) is 3. The number of benzene rings is 2. The van der Waals surface area contributed by atoms with Crippen LogP contribution in [0.15, 0.2) is 39.5 Å². The van der Waals surface area contributed by atoms with Crippen molar-refractivity contribution in [1.29, 1.82) is 0 Å². The van der Waals surface area contributed by atoms with Crippen molar-refractivity contribution >= 4 is 11.0 Å². The van der Waals surface area contributed by atoms with Crippen LogP contribution >= 0.6 is 0 Å². The number of fused-ring (bicyclic) bond motifs is 1. The van der Waals surface area contributed by atoms with E-state index < -0.39 is 95.2 Å². The molecule has 1 aromatic heterocycles. The fourth-order valence-corrected chi connectivity index (χ4v) is 5.31. The van der Waals surface area contributed by atoms with Gasteiger partial charge in [0.25, 0.3) is 0 Å². The van der Waals surface area contributed by atoms with E-state index >= 15 is 0 Å². The third-order valence-corrected chi connectivity index (χ3v) is 7.81. The second-order valence-corrected chi connectivity index (χ2v) is 10.8. The van der Waals surface area contributed by atoms with Gasteiger partial charge in [0.05, 0.1) is 18.8 Å². The number of phenolic OH excluding ortho intramolecular Hbond substituents is 4. The zero-order valence-electron chi connectivity index (χ0n) is 22.6. The highest BCUT2D eigenvalue weighted by molar-refractivity contribution is 5.88. The van der Waals surface area contributed by atoms with E-state index in [4.69, 9.17) is 18.6 Å². The van der Waals surface area contributed by atoms with Gasteiger partial charge in [0.2, 0.25) is 11.2 Å². The van der Waals surface area contributed by atoms with Crippen LogP contribution in [-0.4, -0.2) is 113 Å². The maximum absolute atomic E-state index is 13.6. The Balaban J connectivity index is 1.48. The van der Waals surface area contributed by atoms with E-state index in [2.05, 4.69) is 0 Å². The average Bonchev–Trinajstić information content (AvgIpc) is 2.96. The van der Waals surface area contributed by atoms with Gasteiger partial charge in [0.1, 0.15) is 59.1 Å². The van der Waals surface area contributed by atoms with Gasteiger partial charge in [-0.15, -0.1) is 0 Å². The molecule has 15 heteroatoms. The van der Waals surface area contributed by atoms with Crippen LogP contribution in [0.25, 0.3) is 22.3 Å². The number of phenols is 4. The molecule has 4 unspecified atom stereocenters. The molecular weight excluding hydrogens is 576 g/mol. The van der Waals surface area contributed by atoms with E-state index in [0.717, 1.165) is 24.3 Å². The molecule has 3 aromatic rings. The first-order valence-electron chi connectivity index (χ1n) is 13.4. The van der Waals surface area contributed by atoms with Gasteiger partial charge in [0.15, 0.2) is 23.5 Å². The van der Waals surface area contributed by atoms with Crippen molar-refractivity contribution in [2.45, 2.75) is 68.5 Å². The van der Waals surface area contributed by atoms with Crippen molar-refractivity contribution in [2.75, 3.05) is 6.61 Å². The quantitative estimate of drug-likeness (QED) is 0.150. The first-order chi connectivity index (χ1) is 20.3. The van der Waals surface area contributed by atoms with Crippen molar-refractivity contribution in [1.82, 2.24) is 0 Å². The smallest absolute Gasteiger partial charge is 0.239 e. The van der Waals surface area contributed by atoms with Crippen LogP contribution in [-0.2, 0) is 9.47 Å². The van der Waals surface area contributed by atoms with E-state index in [1.165, 1.54) is 13.0 Å². The maximum atomic E-state index is 13.6. The molecule has 10 N–H and O–H groups in total. The SMILES string of the molecule is CC1O[C@@H](OCC2C[C@@H](Oc3c(-c4ccc(O)c(O)c4)oc4cc(O)cc(O)c4c3=O)C(O)[C@@H](O)[C@H]2O)C(O)[C@@H](O)[C@H]1O. The number of hydrogen-bond acceptors (Lipinski definition) is 15. The minimum Gasteiger partial charge on any atom is -0.508 e. The lowest BCUT2D eigenvalue weighted by Gasteiger charge is -2.42. The molecule has 234 valence electrons. The van der Waals surface area contributed by atoms with E-state index in [1.807, 2.05) is 0 Å². The summed E-state index contributed by atoms with van der Waals surface area (Å²) in [5.74, 6) is -3.98. The van der Waals surface area contributed by atoms with Crippen LogP contribution in [0.4, 0.5) is 0 Å². The summed E-state index contributed by atoms with van der Waals surface area (Å²) >= 11 is 0. The summed E-state index contributed by atoms with van der Waals surface area (Å²) in [4.78, 5) is 13.6. The summed E-state index contributed by atoms with van der Waals surface area (Å²) < 4.78 is 22.7. The molecule has 1 saturated heterocycles. The zero-order chi connectivity index (χ0) is 31.3. The molecule has 15 nitrogen and oxygen atoms in total. The molecule has 43 heavy (non-hydrogen) atoms. The molecule has 0 bridgehead atoms. The molecule has 0 spiro atoms. The molecule has 0 amide bonds. The Morgan fingerprint density at radius 1 is 0.814 bits per heavy atom. The zero-order valence-corrected chi connectivity index (χ0v) is 22.6. The molecule has 2 aliphatic rings. The summed E-state index contributed by atoms with van der Waals surface area (Å²) in [6.07, 6.45) is -13.6. The average molecular weight is 609 g/mol. The normalized spacial score (nSPS) is 33.0. The molecule has 1 saturated carbocycles. The lowest BCUT2D eigenvalue weighted by atomic mass is 9.81. The van der Waals surface area contributed by atoms with Gasteiger partial charge < -0.3 is 69.7 Å². The van der Waals surface area contributed by atoms with Gasteiger partial charge in [-0.25, -0.2) is 0 Å². The lowest BCUT2D eigenvalue weighted by Crippen LogP contribution is -2.59. The Hall–Kier alpha value is -3.67. The fourth-order valence-electron chi connectivity index (χ4n) is 5.31. The van der Waals surface area contributed by atoms with Crippen LogP contribution in [0.2, 0.25) is 0 Å². The third-order valence-electron chi connectivity index (χ3n) is 7.81. The molecule has 2 aromatic carbocycles. The Labute approximate surface area is 242 Å². The number of aromatic hydroxyl groups is 4. The minimum absolute atomic E-state index is 0.0243. The van der Waals surface area contributed by atoms with E-state index in [-0.39, 0.29) is 35.3 Å². The summed E-state index contributed by atoms with van der Waals surface area (Å²) in [5.41, 5.74) is -1.17. The van der Waals surface area contributed by atoms with Crippen molar-refractivity contribution in [2.24, 2.45) is 5.92 Å². The van der Waals surface area contributed by atoms with E-state index in [0.29, 0.717) is 0 Å². The maximum Gasteiger partial charge on any atom is 0.239 e. The van der Waals surface area contributed by atoms with Gasteiger partial charge in [-0.3, -0.25) is 4.79 Å². The molecule has 0 radical (unpaired) electrons. The van der Waals surface area contributed by atoms with Gasteiger partial charge in [-0.1, -0.05) is 0 Å². The molecule has 1 aliphatic carbocycles. The van der Waals surface area contributed by atoms with Gasteiger partial charge >= 0.3 is 0 Å². The number of hydrogen-bond donors (Lipinski definition) is 10. The fraction of sp³-hybridized carbons (Fsp3) is 0.464. The summed E-state index contributed by atoms with van der Waals surface area (Å²) in [5, 5.41) is 102. The number of rotatable bonds is 6. The Kier molecular flexibility index (Phi) is 8.43. The van der Waals surface area contributed by atoms with Crippen LogP contribution in [0, 0.1) is 5.92 Å². The molecular formula is C28H32O15. The highest BCUT2D eigenvalue weighted by Gasteiger charge is 2.47. The first kappa shape index (κ1) is 30.8. The third kappa shape index (κ3) is 5.69. The summed E-state index contributed by atoms with van der Waals surface area (Å²) in [6.45, 7) is 1.07. The van der Waals surface area contributed by atoms with E-state index in [1.54, 1.807) is 0 Å². The lowest BCUT2D eigenvalue weighted by molar-refractivity contribution is -0.299. The summed E-state index contributed by atoms with van der Waals surface area (Å²) in [7, 11) is 0. The van der Waals surface area contributed by atoms with Gasteiger partial charge in [-0.05, 0) is 31.5 Å². The second kappa shape index (κ2) is 11.8. The largest absolute Gasteiger partial charge is 0.508 e. The Morgan fingerprint density at radius 2 is 1.51 bits per heavy atom. The molecule has 2 fully saturated rings. The van der Waals surface area contributed by atoms with Crippen molar-refractivity contribution in [3.8, 4) is 40.1 Å². The standard InChI is InChI=1S/C28H32O15/c1-9-19(33)23(37)25(39)28(41-9)40-8-11-5-17(21(35)24(38)20(11)34)43-27-22(36)18-15(32)6-12(29)7-16(18)42-26(27)10-2-3-13(30)14(31)4-10/h2-4,6-7,9,11,17,19-21,23-25,28-35,37-39H,5,8H2,1H3/t9?,11?,17-,19+,20+,21?,23+,24+,25?,28-/m1/s1. The van der Waals surface area contributed by atoms with Crippen LogP contribution in [0.5, 0.6) is 28.7 Å². The molecule has 1 aliphatic heterocycles. The highest BCUT2D eigenvalue weighted by atomic mass is 16.7. The van der Waals surface area contributed by atoms with Crippen molar-refractivity contribution in [3.63, 3.8) is 0 Å². The number of aliphatic hydroxyl groups excluding tert-OH is 6. The summed E-state index contributed by atoms with van der Waals surface area (Å²) in [6, 6.07) is 5.41.